The normalized spacial score (nSPS) is 15.5. The van der Waals surface area contributed by atoms with Crippen LogP contribution in [0.4, 0.5) is 0 Å². The summed E-state index contributed by atoms with van der Waals surface area (Å²) < 4.78 is 23.3. The Balaban J connectivity index is 2.07. The van der Waals surface area contributed by atoms with Crippen molar-refractivity contribution < 1.29 is 13.7 Å². The second kappa shape index (κ2) is 4.85. The van der Waals surface area contributed by atoms with Gasteiger partial charge in [-0.1, -0.05) is 12.1 Å². The molecule has 4 rings (SSSR count). The molecule has 3 aromatic carbocycles. The quantitative estimate of drug-likeness (QED) is 0.561. The molecule has 0 aromatic heterocycles. The maximum Gasteiger partial charge on any atom is 0.119 e. The summed E-state index contributed by atoms with van der Waals surface area (Å²) in [4.78, 5) is 1.71. The Labute approximate surface area is 130 Å². The highest BCUT2D eigenvalue weighted by atomic mass is 32.2. The predicted octanol–water partition coefficient (Wildman–Crippen LogP) is 4.00. The minimum absolute atomic E-state index is 0.772. The molecule has 0 radical (unpaired) electrons. The molecule has 1 heterocycles. The van der Waals surface area contributed by atoms with E-state index < -0.39 is 10.8 Å². The third-order valence-corrected chi connectivity index (χ3v) is 5.54. The molecule has 0 fully saturated rings. The van der Waals surface area contributed by atoms with Gasteiger partial charge in [0.2, 0.25) is 0 Å². The second-order valence-corrected chi connectivity index (χ2v) is 6.57. The molecular formula is C18H14O3S. The third kappa shape index (κ3) is 1.77. The van der Waals surface area contributed by atoms with E-state index in [4.69, 9.17) is 9.47 Å². The zero-order valence-corrected chi connectivity index (χ0v) is 13.1. The van der Waals surface area contributed by atoms with Crippen molar-refractivity contribution in [2.45, 2.75) is 9.79 Å². The molecule has 3 aromatic rings. The van der Waals surface area contributed by atoms with Crippen LogP contribution in [0.5, 0.6) is 11.5 Å². The third-order valence-electron chi connectivity index (χ3n) is 4.04. The van der Waals surface area contributed by atoms with E-state index in [0.29, 0.717) is 0 Å². The largest absolute Gasteiger partial charge is 0.497 e. The lowest BCUT2D eigenvalue weighted by molar-refractivity contribution is 0.414. The summed E-state index contributed by atoms with van der Waals surface area (Å²) in [6, 6.07) is 15.6. The lowest BCUT2D eigenvalue weighted by Gasteiger charge is -2.08. The first-order valence-corrected chi connectivity index (χ1v) is 8.09. The molecule has 0 spiro atoms. The van der Waals surface area contributed by atoms with Crippen LogP contribution in [0.2, 0.25) is 0 Å². The molecule has 0 N–H and O–H groups in total. The van der Waals surface area contributed by atoms with Crippen molar-refractivity contribution in [3.8, 4) is 22.6 Å². The van der Waals surface area contributed by atoms with Crippen LogP contribution in [0.15, 0.2) is 58.3 Å². The average Bonchev–Trinajstić information content (AvgIpc) is 2.86. The summed E-state index contributed by atoms with van der Waals surface area (Å²) in [5.74, 6) is 1.59. The number of fused-ring (bicyclic) bond motifs is 5. The molecule has 110 valence electrons. The smallest absolute Gasteiger partial charge is 0.119 e. The Morgan fingerprint density at radius 2 is 1.50 bits per heavy atom. The monoisotopic (exact) mass is 310 g/mol. The first kappa shape index (κ1) is 13.3. The predicted molar refractivity (Wildman–Crippen MR) is 87.2 cm³/mol. The van der Waals surface area contributed by atoms with Crippen molar-refractivity contribution in [1.29, 1.82) is 0 Å². The van der Waals surface area contributed by atoms with Crippen molar-refractivity contribution >= 4 is 21.6 Å². The summed E-state index contributed by atoms with van der Waals surface area (Å²) in [6.07, 6.45) is 0. The van der Waals surface area contributed by atoms with Gasteiger partial charge >= 0.3 is 0 Å². The fourth-order valence-electron chi connectivity index (χ4n) is 2.96. The van der Waals surface area contributed by atoms with E-state index in [9.17, 15) is 4.21 Å². The van der Waals surface area contributed by atoms with E-state index >= 15 is 0 Å². The van der Waals surface area contributed by atoms with Crippen molar-refractivity contribution in [3.05, 3.63) is 48.5 Å². The Hall–Kier alpha value is -2.33. The van der Waals surface area contributed by atoms with Crippen molar-refractivity contribution in [2.24, 2.45) is 0 Å². The van der Waals surface area contributed by atoms with Gasteiger partial charge in [-0.3, -0.25) is 0 Å². The molecule has 1 aliphatic heterocycles. The first-order valence-electron chi connectivity index (χ1n) is 6.94. The van der Waals surface area contributed by atoms with Gasteiger partial charge in [-0.25, -0.2) is 4.21 Å². The fraction of sp³-hybridized carbons (Fsp3) is 0.111. The molecule has 0 saturated carbocycles. The highest BCUT2D eigenvalue weighted by Gasteiger charge is 2.27. The average molecular weight is 310 g/mol. The maximum atomic E-state index is 12.7. The van der Waals surface area contributed by atoms with Gasteiger partial charge in [-0.05, 0) is 47.2 Å². The Morgan fingerprint density at radius 1 is 0.818 bits per heavy atom. The molecule has 1 aliphatic rings. The van der Waals surface area contributed by atoms with Crippen LogP contribution >= 0.6 is 0 Å². The van der Waals surface area contributed by atoms with Gasteiger partial charge in [-0.15, -0.1) is 0 Å². The molecule has 0 amide bonds. The highest BCUT2D eigenvalue weighted by molar-refractivity contribution is 7.85. The van der Waals surface area contributed by atoms with Gasteiger partial charge in [-0.2, -0.15) is 0 Å². The first-order chi connectivity index (χ1) is 10.7. The molecule has 22 heavy (non-hydrogen) atoms. The molecular weight excluding hydrogens is 296 g/mol. The zero-order chi connectivity index (χ0) is 15.3. The number of ether oxygens (including phenoxy) is 2. The van der Waals surface area contributed by atoms with E-state index in [0.717, 1.165) is 43.2 Å². The van der Waals surface area contributed by atoms with Crippen LogP contribution < -0.4 is 9.47 Å². The lowest BCUT2D eigenvalue weighted by atomic mass is 9.98. The van der Waals surface area contributed by atoms with E-state index in [-0.39, 0.29) is 0 Å². The summed E-state index contributed by atoms with van der Waals surface area (Å²) in [5, 5.41) is 2.16. The summed E-state index contributed by atoms with van der Waals surface area (Å²) in [6.45, 7) is 0. The minimum atomic E-state index is -1.13. The van der Waals surface area contributed by atoms with Crippen molar-refractivity contribution in [1.82, 2.24) is 0 Å². The number of rotatable bonds is 2. The Kier molecular flexibility index (Phi) is 2.94. The van der Waals surface area contributed by atoms with Gasteiger partial charge in [0.25, 0.3) is 0 Å². The van der Waals surface area contributed by atoms with E-state index in [1.807, 2.05) is 48.5 Å². The van der Waals surface area contributed by atoms with Gasteiger partial charge in [0, 0.05) is 11.1 Å². The topological polar surface area (TPSA) is 35.5 Å². The van der Waals surface area contributed by atoms with E-state index in [1.54, 1.807) is 14.2 Å². The van der Waals surface area contributed by atoms with Gasteiger partial charge in [0.1, 0.15) is 11.5 Å². The summed E-state index contributed by atoms with van der Waals surface area (Å²) >= 11 is 0. The Bertz CT molecular complexity index is 931. The number of hydrogen-bond donors (Lipinski definition) is 0. The molecule has 3 nitrogen and oxygen atoms in total. The summed E-state index contributed by atoms with van der Waals surface area (Å²) in [5.41, 5.74) is 2.02. The molecule has 0 bridgehead atoms. The van der Waals surface area contributed by atoms with Crippen molar-refractivity contribution in [2.75, 3.05) is 14.2 Å². The van der Waals surface area contributed by atoms with E-state index in [2.05, 4.69) is 0 Å². The standard InChI is InChI=1S/C18H14O3S/c1-20-12-4-6-14-11(9-12)3-7-17-18(14)15-10-13(21-2)5-8-16(15)22(17)19/h3-10H,1-2H3. The van der Waals surface area contributed by atoms with Crippen LogP contribution in [0.1, 0.15) is 0 Å². The molecule has 0 aliphatic carbocycles. The van der Waals surface area contributed by atoms with E-state index in [1.165, 1.54) is 0 Å². The number of benzene rings is 3. The molecule has 1 atom stereocenters. The summed E-state index contributed by atoms with van der Waals surface area (Å²) in [7, 11) is 2.16. The van der Waals surface area contributed by atoms with Gasteiger partial charge in [0.15, 0.2) is 0 Å². The molecule has 1 unspecified atom stereocenters. The fourth-order valence-corrected chi connectivity index (χ4v) is 4.34. The van der Waals surface area contributed by atoms with Gasteiger partial charge in [0.05, 0.1) is 34.8 Å². The maximum absolute atomic E-state index is 12.7. The number of hydrogen-bond acceptors (Lipinski definition) is 3. The second-order valence-electron chi connectivity index (χ2n) is 5.16. The van der Waals surface area contributed by atoms with Crippen LogP contribution in [-0.2, 0) is 10.8 Å². The number of methoxy groups -OCH3 is 2. The molecule has 4 heteroatoms. The van der Waals surface area contributed by atoms with Crippen LogP contribution in [0.3, 0.4) is 0 Å². The SMILES string of the molecule is COc1ccc2c(c1)-c1c(ccc3cc(OC)ccc13)S2=O. The van der Waals surface area contributed by atoms with Crippen LogP contribution in [0, 0.1) is 0 Å². The van der Waals surface area contributed by atoms with Crippen LogP contribution in [0.25, 0.3) is 21.9 Å². The zero-order valence-electron chi connectivity index (χ0n) is 12.3. The Morgan fingerprint density at radius 3 is 2.27 bits per heavy atom. The van der Waals surface area contributed by atoms with Crippen LogP contribution in [-0.4, -0.2) is 18.4 Å². The lowest BCUT2D eigenvalue weighted by Crippen LogP contribution is -1.87. The minimum Gasteiger partial charge on any atom is -0.497 e. The van der Waals surface area contributed by atoms with Gasteiger partial charge < -0.3 is 9.47 Å². The highest BCUT2D eigenvalue weighted by Crippen LogP contribution is 2.46. The molecule has 0 saturated heterocycles. The van der Waals surface area contributed by atoms with Crippen molar-refractivity contribution in [3.63, 3.8) is 0 Å².